The number of amides is 2. The van der Waals surface area contributed by atoms with Crippen molar-refractivity contribution in [2.24, 2.45) is 0 Å². The van der Waals surface area contributed by atoms with Crippen molar-refractivity contribution >= 4 is 22.7 Å². The molecule has 172 valence electrons. The minimum absolute atomic E-state index is 0.0521. The number of ether oxygens (including phenoxy) is 2. The number of hydrogen-bond donors (Lipinski definition) is 1. The zero-order chi connectivity index (χ0) is 23.3. The lowest BCUT2D eigenvalue weighted by atomic mass is 9.76. The fourth-order valence-electron chi connectivity index (χ4n) is 5.31. The Morgan fingerprint density at radius 1 is 1.15 bits per heavy atom. The molecule has 2 aromatic carbocycles. The van der Waals surface area contributed by atoms with Gasteiger partial charge in [0.25, 0.3) is 5.91 Å². The van der Waals surface area contributed by atoms with E-state index in [4.69, 9.17) is 9.47 Å². The first kappa shape index (κ1) is 21.4. The van der Waals surface area contributed by atoms with Gasteiger partial charge in [0.05, 0.1) is 26.0 Å². The van der Waals surface area contributed by atoms with E-state index in [1.54, 1.807) is 19.1 Å². The number of aromatic nitrogens is 1. The quantitative estimate of drug-likeness (QED) is 0.648. The predicted octanol–water partition coefficient (Wildman–Crippen LogP) is 3.63. The lowest BCUT2D eigenvalue weighted by Gasteiger charge is -2.50. The molecule has 2 atom stereocenters. The number of piperazine rings is 1. The van der Waals surface area contributed by atoms with Crippen LogP contribution in [0.25, 0.3) is 10.9 Å². The largest absolute Gasteiger partial charge is 0.493 e. The summed E-state index contributed by atoms with van der Waals surface area (Å²) < 4.78 is 11.5. The van der Waals surface area contributed by atoms with E-state index in [1.807, 2.05) is 43.3 Å². The van der Waals surface area contributed by atoms with Gasteiger partial charge in [-0.1, -0.05) is 31.2 Å². The highest BCUT2D eigenvalue weighted by Gasteiger charge is 2.55. The van der Waals surface area contributed by atoms with Gasteiger partial charge in [-0.15, -0.1) is 0 Å². The summed E-state index contributed by atoms with van der Waals surface area (Å²) in [5.41, 5.74) is 2.76. The van der Waals surface area contributed by atoms with Crippen molar-refractivity contribution in [2.75, 3.05) is 33.9 Å². The van der Waals surface area contributed by atoms with E-state index in [0.29, 0.717) is 24.7 Å². The Bertz CT molecular complexity index is 1250. The number of hydrogen-bond acceptors (Lipinski definition) is 4. The molecule has 7 nitrogen and oxygen atoms in total. The maximum Gasteiger partial charge on any atom is 0.254 e. The average Bonchev–Trinajstić information content (AvgIpc) is 3.22. The predicted molar refractivity (Wildman–Crippen MR) is 126 cm³/mol. The third kappa shape index (κ3) is 3.09. The Morgan fingerprint density at radius 3 is 2.70 bits per heavy atom. The molecule has 2 aliphatic heterocycles. The van der Waals surface area contributed by atoms with Crippen molar-refractivity contribution in [1.82, 2.24) is 14.8 Å². The summed E-state index contributed by atoms with van der Waals surface area (Å²) in [5.74, 6) is 1.13. The molecule has 7 heteroatoms. The molecule has 0 bridgehead atoms. The second-order valence-electron chi connectivity index (χ2n) is 9.01. The molecule has 0 radical (unpaired) electrons. The standard InChI is InChI=1S/C26H29N3O4/c1-5-12-33-20-11-10-16(13-21(20)32-4)18-14-29-22(30)15-28(3)25(31)26(29,2)24-23(18)17-8-6-7-9-19(17)27-24/h6-11,13,18,27H,5,12,14-15H2,1-4H3. The smallest absolute Gasteiger partial charge is 0.254 e. The topological polar surface area (TPSA) is 74.9 Å². The molecule has 5 rings (SSSR count). The number of aromatic amines is 1. The molecule has 1 fully saturated rings. The first-order chi connectivity index (χ1) is 15.9. The Kier molecular flexibility index (Phi) is 5.07. The molecule has 0 saturated carbocycles. The highest BCUT2D eigenvalue weighted by Crippen LogP contribution is 2.48. The number of methoxy groups -OCH3 is 1. The molecular weight excluding hydrogens is 418 g/mol. The molecule has 1 saturated heterocycles. The van der Waals surface area contributed by atoms with Crippen LogP contribution in [0.15, 0.2) is 42.5 Å². The lowest BCUT2D eigenvalue weighted by molar-refractivity contribution is -0.164. The zero-order valence-electron chi connectivity index (χ0n) is 19.5. The molecule has 2 aliphatic rings. The summed E-state index contributed by atoms with van der Waals surface area (Å²) in [6.45, 7) is 5.04. The molecule has 0 spiro atoms. The van der Waals surface area contributed by atoms with Crippen molar-refractivity contribution in [1.29, 1.82) is 0 Å². The van der Waals surface area contributed by atoms with Crippen LogP contribution in [-0.4, -0.2) is 60.5 Å². The summed E-state index contributed by atoms with van der Waals surface area (Å²) in [6, 6.07) is 14.0. The van der Waals surface area contributed by atoms with Crippen LogP contribution >= 0.6 is 0 Å². The summed E-state index contributed by atoms with van der Waals surface area (Å²) >= 11 is 0. The number of benzene rings is 2. The second kappa shape index (κ2) is 7.83. The number of nitrogens with one attached hydrogen (secondary N) is 1. The van der Waals surface area contributed by atoms with E-state index in [2.05, 4.69) is 18.0 Å². The number of rotatable bonds is 5. The average molecular weight is 448 g/mol. The third-order valence-corrected chi connectivity index (χ3v) is 6.97. The normalized spacial score (nSPS) is 22.4. The number of H-pyrrole nitrogens is 1. The number of carbonyl (C=O) groups is 2. The second-order valence-corrected chi connectivity index (χ2v) is 9.01. The van der Waals surface area contributed by atoms with Crippen LogP contribution in [0.1, 0.15) is 43.0 Å². The Morgan fingerprint density at radius 2 is 1.94 bits per heavy atom. The van der Waals surface area contributed by atoms with Crippen molar-refractivity contribution < 1.29 is 19.1 Å². The van der Waals surface area contributed by atoms with Gasteiger partial charge in [0.2, 0.25) is 5.91 Å². The molecule has 2 amide bonds. The van der Waals surface area contributed by atoms with Crippen molar-refractivity contribution in [3.8, 4) is 11.5 Å². The highest BCUT2D eigenvalue weighted by molar-refractivity contribution is 6.01. The summed E-state index contributed by atoms with van der Waals surface area (Å²) in [4.78, 5) is 33.4. The first-order valence-electron chi connectivity index (χ1n) is 11.4. The van der Waals surface area contributed by atoms with Gasteiger partial charge in [-0.2, -0.15) is 0 Å². The minimum atomic E-state index is -1.07. The van der Waals surface area contributed by atoms with Crippen LogP contribution < -0.4 is 9.47 Å². The Balaban J connectivity index is 1.71. The van der Waals surface area contributed by atoms with Gasteiger partial charge in [-0.05, 0) is 42.7 Å². The third-order valence-electron chi connectivity index (χ3n) is 6.97. The van der Waals surface area contributed by atoms with E-state index >= 15 is 0 Å². The van der Waals surface area contributed by atoms with Gasteiger partial charge in [-0.3, -0.25) is 9.59 Å². The van der Waals surface area contributed by atoms with Crippen LogP contribution in [-0.2, 0) is 15.1 Å². The number of para-hydroxylation sites is 1. The van der Waals surface area contributed by atoms with Gasteiger partial charge in [0.15, 0.2) is 17.0 Å². The molecule has 0 aliphatic carbocycles. The van der Waals surface area contributed by atoms with Crippen molar-refractivity contribution in [3.63, 3.8) is 0 Å². The van der Waals surface area contributed by atoms with E-state index in [-0.39, 0.29) is 24.3 Å². The maximum absolute atomic E-state index is 13.4. The minimum Gasteiger partial charge on any atom is -0.493 e. The van der Waals surface area contributed by atoms with Crippen LogP contribution in [0.4, 0.5) is 0 Å². The van der Waals surface area contributed by atoms with E-state index in [1.165, 1.54) is 4.90 Å². The van der Waals surface area contributed by atoms with Crippen LogP contribution in [0.2, 0.25) is 0 Å². The maximum atomic E-state index is 13.4. The number of fused-ring (bicyclic) bond motifs is 5. The van der Waals surface area contributed by atoms with Crippen LogP contribution in [0, 0.1) is 0 Å². The van der Waals surface area contributed by atoms with Crippen LogP contribution in [0.5, 0.6) is 11.5 Å². The summed E-state index contributed by atoms with van der Waals surface area (Å²) in [5, 5.41) is 1.07. The van der Waals surface area contributed by atoms with Crippen molar-refractivity contribution in [2.45, 2.75) is 31.7 Å². The number of nitrogens with zero attached hydrogens (tertiary/aromatic N) is 2. The molecule has 1 N–H and O–H groups in total. The monoisotopic (exact) mass is 447 g/mol. The van der Waals surface area contributed by atoms with Gasteiger partial charge >= 0.3 is 0 Å². The molecule has 3 aromatic rings. The Hall–Kier alpha value is -3.48. The van der Waals surface area contributed by atoms with E-state index < -0.39 is 5.54 Å². The van der Waals surface area contributed by atoms with Gasteiger partial charge < -0.3 is 24.3 Å². The zero-order valence-corrected chi connectivity index (χ0v) is 19.5. The molecular formula is C26H29N3O4. The van der Waals surface area contributed by atoms with Gasteiger partial charge in [0, 0.05) is 30.4 Å². The Labute approximate surface area is 193 Å². The van der Waals surface area contributed by atoms with Gasteiger partial charge in [0.1, 0.15) is 0 Å². The lowest BCUT2D eigenvalue weighted by Crippen LogP contribution is -2.66. The number of carbonyl (C=O) groups excluding carboxylic acids is 2. The van der Waals surface area contributed by atoms with E-state index in [9.17, 15) is 9.59 Å². The SMILES string of the molecule is CCCOc1ccc(C2CN3C(=O)CN(C)C(=O)C3(C)c3[nH]c4ccccc4c32)cc1OC. The fraction of sp³-hybridized carbons (Fsp3) is 0.385. The molecule has 33 heavy (non-hydrogen) atoms. The molecule has 3 heterocycles. The van der Waals surface area contributed by atoms with E-state index in [0.717, 1.165) is 34.1 Å². The first-order valence-corrected chi connectivity index (χ1v) is 11.4. The molecule has 2 unspecified atom stereocenters. The van der Waals surface area contributed by atoms with Crippen molar-refractivity contribution in [3.05, 3.63) is 59.3 Å². The highest BCUT2D eigenvalue weighted by atomic mass is 16.5. The summed E-state index contributed by atoms with van der Waals surface area (Å²) in [6.07, 6.45) is 0.907. The van der Waals surface area contributed by atoms with Crippen LogP contribution in [0.3, 0.4) is 0 Å². The molecule has 1 aromatic heterocycles. The number of likely N-dealkylation sites (N-methyl/N-ethyl adjacent to an activating group) is 1. The van der Waals surface area contributed by atoms with Gasteiger partial charge in [-0.25, -0.2) is 0 Å². The summed E-state index contributed by atoms with van der Waals surface area (Å²) in [7, 11) is 3.33. The fourth-order valence-corrected chi connectivity index (χ4v) is 5.31.